The first-order chi connectivity index (χ1) is 11.0. The molecule has 0 heterocycles. The molecule has 0 saturated carbocycles. The van der Waals surface area contributed by atoms with Crippen LogP contribution in [0.3, 0.4) is 0 Å². The minimum absolute atomic E-state index is 0.345. The van der Waals surface area contributed by atoms with Crippen molar-refractivity contribution in [3.8, 4) is 11.5 Å². The first-order valence-corrected chi connectivity index (χ1v) is 7.36. The molecule has 1 amide bonds. The van der Waals surface area contributed by atoms with E-state index in [0.717, 1.165) is 11.3 Å². The summed E-state index contributed by atoms with van der Waals surface area (Å²) in [6.45, 7) is 2.06. The molecule has 2 aromatic carbocycles. The van der Waals surface area contributed by atoms with Gasteiger partial charge in [0, 0.05) is 5.56 Å². The second-order valence-corrected chi connectivity index (χ2v) is 5.37. The summed E-state index contributed by atoms with van der Waals surface area (Å²) in [6, 6.07) is 12.7. The van der Waals surface area contributed by atoms with Crippen LogP contribution in [0.1, 0.15) is 28.4 Å². The SMILES string of the molecule is COc1ccc(COc2ccc(C(N)=O)c(CC(C)O)c2)cc1. The van der Waals surface area contributed by atoms with Crippen molar-refractivity contribution in [2.75, 3.05) is 7.11 Å². The van der Waals surface area contributed by atoms with Gasteiger partial charge in [-0.05, 0) is 54.8 Å². The van der Waals surface area contributed by atoms with Gasteiger partial charge in [0.2, 0.25) is 5.91 Å². The second-order valence-electron chi connectivity index (χ2n) is 5.37. The number of benzene rings is 2. The van der Waals surface area contributed by atoms with Gasteiger partial charge in [-0.1, -0.05) is 12.1 Å². The normalized spacial score (nSPS) is 11.8. The Hall–Kier alpha value is -2.53. The number of hydrogen-bond acceptors (Lipinski definition) is 4. The Labute approximate surface area is 135 Å². The monoisotopic (exact) mass is 315 g/mol. The lowest BCUT2D eigenvalue weighted by Gasteiger charge is -2.12. The number of carbonyl (C=O) groups is 1. The van der Waals surface area contributed by atoms with Gasteiger partial charge in [-0.3, -0.25) is 4.79 Å². The minimum atomic E-state index is -0.565. The standard InChI is InChI=1S/C18H21NO4/c1-12(20)9-14-10-16(7-8-17(14)18(19)21)23-11-13-3-5-15(22-2)6-4-13/h3-8,10,12,20H,9,11H2,1-2H3,(H2,19,21). The van der Waals surface area contributed by atoms with E-state index in [9.17, 15) is 9.90 Å². The lowest BCUT2D eigenvalue weighted by atomic mass is 10.0. The van der Waals surface area contributed by atoms with Gasteiger partial charge < -0.3 is 20.3 Å². The summed E-state index contributed by atoms with van der Waals surface area (Å²) >= 11 is 0. The number of ether oxygens (including phenoxy) is 2. The Bertz CT molecular complexity index is 665. The molecule has 1 unspecified atom stereocenters. The fraction of sp³-hybridized carbons (Fsp3) is 0.278. The average molecular weight is 315 g/mol. The van der Waals surface area contributed by atoms with E-state index in [2.05, 4.69) is 0 Å². The Morgan fingerprint density at radius 2 is 1.83 bits per heavy atom. The number of nitrogens with two attached hydrogens (primary N) is 1. The van der Waals surface area contributed by atoms with Crippen molar-refractivity contribution in [2.24, 2.45) is 5.73 Å². The van der Waals surface area contributed by atoms with Gasteiger partial charge in [-0.15, -0.1) is 0 Å². The molecular formula is C18H21NO4. The smallest absolute Gasteiger partial charge is 0.248 e. The Balaban J connectivity index is 2.11. The van der Waals surface area contributed by atoms with Crippen LogP contribution < -0.4 is 15.2 Å². The minimum Gasteiger partial charge on any atom is -0.497 e. The Morgan fingerprint density at radius 3 is 2.39 bits per heavy atom. The summed E-state index contributed by atoms with van der Waals surface area (Å²) in [6.07, 6.45) is -0.220. The molecule has 0 aliphatic carbocycles. The van der Waals surface area contributed by atoms with Crippen molar-refractivity contribution in [3.63, 3.8) is 0 Å². The van der Waals surface area contributed by atoms with Gasteiger partial charge in [-0.2, -0.15) is 0 Å². The van der Waals surface area contributed by atoms with Crippen LogP contribution in [-0.2, 0) is 13.0 Å². The number of carbonyl (C=O) groups excluding carboxylic acids is 1. The van der Waals surface area contributed by atoms with E-state index in [1.165, 1.54) is 0 Å². The summed E-state index contributed by atoms with van der Waals surface area (Å²) in [5.41, 5.74) is 7.45. The molecule has 2 aromatic rings. The molecule has 0 aliphatic heterocycles. The number of primary amides is 1. The molecule has 1 atom stereocenters. The first kappa shape index (κ1) is 16.8. The highest BCUT2D eigenvalue weighted by atomic mass is 16.5. The molecule has 0 bridgehead atoms. The quantitative estimate of drug-likeness (QED) is 0.821. The summed E-state index contributed by atoms with van der Waals surface area (Å²) in [7, 11) is 1.62. The third-order valence-corrected chi connectivity index (χ3v) is 3.42. The van der Waals surface area contributed by atoms with Crippen LogP contribution in [-0.4, -0.2) is 24.2 Å². The maximum absolute atomic E-state index is 11.4. The zero-order valence-electron chi connectivity index (χ0n) is 13.3. The Kier molecular flexibility index (Phi) is 5.60. The van der Waals surface area contributed by atoms with E-state index >= 15 is 0 Å². The van der Waals surface area contributed by atoms with E-state index in [1.807, 2.05) is 24.3 Å². The third kappa shape index (κ3) is 4.72. The van der Waals surface area contributed by atoms with E-state index in [0.29, 0.717) is 29.9 Å². The van der Waals surface area contributed by atoms with E-state index < -0.39 is 12.0 Å². The Morgan fingerprint density at radius 1 is 1.17 bits per heavy atom. The summed E-state index contributed by atoms with van der Waals surface area (Å²) < 4.78 is 10.9. The van der Waals surface area contributed by atoms with Crippen LogP contribution >= 0.6 is 0 Å². The van der Waals surface area contributed by atoms with Crippen molar-refractivity contribution in [1.29, 1.82) is 0 Å². The van der Waals surface area contributed by atoms with E-state index in [4.69, 9.17) is 15.2 Å². The van der Waals surface area contributed by atoms with Gasteiger partial charge in [0.15, 0.2) is 0 Å². The number of methoxy groups -OCH3 is 1. The van der Waals surface area contributed by atoms with Crippen molar-refractivity contribution in [1.82, 2.24) is 0 Å². The van der Waals surface area contributed by atoms with Crippen molar-refractivity contribution in [3.05, 3.63) is 59.2 Å². The summed E-state index contributed by atoms with van der Waals surface area (Å²) in [4.78, 5) is 11.4. The maximum atomic E-state index is 11.4. The van der Waals surface area contributed by atoms with Crippen molar-refractivity contribution < 1.29 is 19.4 Å². The molecule has 5 heteroatoms. The number of rotatable bonds is 7. The first-order valence-electron chi connectivity index (χ1n) is 7.36. The van der Waals surface area contributed by atoms with Gasteiger partial charge in [-0.25, -0.2) is 0 Å². The van der Waals surface area contributed by atoms with Crippen molar-refractivity contribution >= 4 is 5.91 Å². The summed E-state index contributed by atoms with van der Waals surface area (Å²) in [5.74, 6) is 0.905. The van der Waals surface area contributed by atoms with Gasteiger partial charge in [0.1, 0.15) is 18.1 Å². The van der Waals surface area contributed by atoms with Gasteiger partial charge in [0.05, 0.1) is 13.2 Å². The third-order valence-electron chi connectivity index (χ3n) is 3.42. The molecular weight excluding hydrogens is 294 g/mol. The zero-order chi connectivity index (χ0) is 16.8. The number of aliphatic hydroxyl groups is 1. The van der Waals surface area contributed by atoms with Crippen LogP contribution in [0.2, 0.25) is 0 Å². The maximum Gasteiger partial charge on any atom is 0.248 e. The molecule has 2 rings (SSSR count). The van der Waals surface area contributed by atoms with Crippen LogP contribution in [0.15, 0.2) is 42.5 Å². The number of amides is 1. The number of hydrogen-bond donors (Lipinski definition) is 2. The average Bonchev–Trinajstić information content (AvgIpc) is 2.52. The molecule has 0 radical (unpaired) electrons. The van der Waals surface area contributed by atoms with Crippen LogP contribution in [0.4, 0.5) is 0 Å². The van der Waals surface area contributed by atoms with Crippen LogP contribution in [0.5, 0.6) is 11.5 Å². The van der Waals surface area contributed by atoms with Crippen molar-refractivity contribution in [2.45, 2.75) is 26.1 Å². The van der Waals surface area contributed by atoms with Crippen LogP contribution in [0, 0.1) is 0 Å². The molecule has 23 heavy (non-hydrogen) atoms. The summed E-state index contributed by atoms with van der Waals surface area (Å²) in [5, 5.41) is 9.56. The van der Waals surface area contributed by atoms with Gasteiger partial charge in [0.25, 0.3) is 0 Å². The largest absolute Gasteiger partial charge is 0.497 e. The fourth-order valence-electron chi connectivity index (χ4n) is 2.28. The van der Waals surface area contributed by atoms with Crippen LogP contribution in [0.25, 0.3) is 0 Å². The highest BCUT2D eigenvalue weighted by Crippen LogP contribution is 2.21. The molecule has 122 valence electrons. The molecule has 0 aromatic heterocycles. The topological polar surface area (TPSA) is 81.8 Å². The predicted molar refractivity (Wildman–Crippen MR) is 87.7 cm³/mol. The van der Waals surface area contributed by atoms with E-state index in [-0.39, 0.29) is 0 Å². The number of aliphatic hydroxyl groups excluding tert-OH is 1. The lowest BCUT2D eigenvalue weighted by molar-refractivity contribution is 0.0998. The van der Waals surface area contributed by atoms with E-state index in [1.54, 1.807) is 32.2 Å². The molecule has 0 fully saturated rings. The second kappa shape index (κ2) is 7.65. The lowest BCUT2D eigenvalue weighted by Crippen LogP contribution is -2.16. The highest BCUT2D eigenvalue weighted by Gasteiger charge is 2.12. The molecule has 0 saturated heterocycles. The fourth-order valence-corrected chi connectivity index (χ4v) is 2.28. The predicted octanol–water partition coefficient (Wildman–Crippen LogP) is 2.30. The molecule has 3 N–H and O–H groups in total. The van der Waals surface area contributed by atoms with Gasteiger partial charge >= 0.3 is 0 Å². The molecule has 0 aliphatic rings. The molecule has 0 spiro atoms. The zero-order valence-corrected chi connectivity index (χ0v) is 13.3. The molecule has 5 nitrogen and oxygen atoms in total. The highest BCUT2D eigenvalue weighted by molar-refractivity contribution is 5.94.